The lowest BCUT2D eigenvalue weighted by molar-refractivity contribution is -0.384. The Morgan fingerprint density at radius 3 is 2.57 bits per heavy atom. The standard InChI is InChI=1S/C24H25N3O3/c28-24(26-13-2-1-3-14-26)17-9-12-22-21(15-17)19-5-4-6-20(19)23(25-22)16-7-10-18(11-8-16)27(29)30/h4-5,7-12,15,19-20,23,25H,1-3,6,13-14H2/t19-,20-,23+/m1/s1. The summed E-state index contributed by atoms with van der Waals surface area (Å²) in [5.74, 6) is 0.711. The summed E-state index contributed by atoms with van der Waals surface area (Å²) in [6, 6.07) is 13.0. The number of carbonyl (C=O) groups excluding carboxylic acids is 1. The number of anilines is 1. The van der Waals surface area contributed by atoms with E-state index in [1.807, 2.05) is 29.2 Å². The Morgan fingerprint density at radius 1 is 1.07 bits per heavy atom. The molecule has 2 aromatic carbocycles. The fourth-order valence-electron chi connectivity index (χ4n) is 5.14. The molecule has 2 heterocycles. The predicted octanol–water partition coefficient (Wildman–Crippen LogP) is 5.05. The summed E-state index contributed by atoms with van der Waals surface area (Å²) < 4.78 is 0. The van der Waals surface area contributed by atoms with E-state index in [0.717, 1.165) is 49.2 Å². The number of rotatable bonds is 3. The minimum atomic E-state index is -0.367. The number of amides is 1. The molecule has 0 spiro atoms. The third kappa shape index (κ3) is 3.26. The molecule has 6 heteroatoms. The molecule has 1 fully saturated rings. The van der Waals surface area contributed by atoms with E-state index < -0.39 is 0 Å². The maximum absolute atomic E-state index is 13.0. The Morgan fingerprint density at radius 2 is 1.83 bits per heavy atom. The van der Waals surface area contributed by atoms with Crippen molar-refractivity contribution in [3.63, 3.8) is 0 Å². The highest BCUT2D eigenvalue weighted by molar-refractivity contribution is 5.95. The van der Waals surface area contributed by atoms with Crippen LogP contribution in [0.5, 0.6) is 0 Å². The van der Waals surface area contributed by atoms with Gasteiger partial charge < -0.3 is 10.2 Å². The Bertz CT molecular complexity index is 1010. The number of nitrogens with zero attached hydrogens (tertiary/aromatic N) is 2. The Balaban J connectivity index is 1.44. The molecule has 0 bridgehead atoms. The number of hydrogen-bond donors (Lipinski definition) is 1. The zero-order chi connectivity index (χ0) is 20.7. The fourth-order valence-corrected chi connectivity index (χ4v) is 5.14. The van der Waals surface area contributed by atoms with Crippen LogP contribution in [0, 0.1) is 16.0 Å². The summed E-state index contributed by atoms with van der Waals surface area (Å²) >= 11 is 0. The van der Waals surface area contributed by atoms with Crippen molar-refractivity contribution in [1.29, 1.82) is 0 Å². The van der Waals surface area contributed by atoms with Gasteiger partial charge in [0.05, 0.1) is 11.0 Å². The van der Waals surface area contributed by atoms with Crippen LogP contribution in [0.4, 0.5) is 11.4 Å². The molecular weight excluding hydrogens is 378 g/mol. The maximum atomic E-state index is 13.0. The first-order valence-corrected chi connectivity index (χ1v) is 10.7. The highest BCUT2D eigenvalue weighted by Crippen LogP contribution is 2.50. The van der Waals surface area contributed by atoms with Crippen LogP contribution in [-0.4, -0.2) is 28.8 Å². The van der Waals surface area contributed by atoms with Gasteiger partial charge in [0.15, 0.2) is 0 Å². The zero-order valence-corrected chi connectivity index (χ0v) is 16.8. The van der Waals surface area contributed by atoms with Crippen molar-refractivity contribution in [1.82, 2.24) is 4.90 Å². The Labute approximate surface area is 175 Å². The van der Waals surface area contributed by atoms with Gasteiger partial charge in [-0.15, -0.1) is 0 Å². The number of nitrogens with one attached hydrogen (secondary N) is 1. The third-order valence-electron chi connectivity index (χ3n) is 6.72. The molecule has 1 amide bonds. The van der Waals surface area contributed by atoms with Crippen LogP contribution in [0.25, 0.3) is 0 Å². The molecule has 1 aliphatic carbocycles. The number of nitro groups is 1. The number of nitro benzene ring substituents is 1. The molecule has 1 N–H and O–H groups in total. The fraction of sp³-hybridized carbons (Fsp3) is 0.375. The maximum Gasteiger partial charge on any atom is 0.269 e. The molecular formula is C24H25N3O3. The lowest BCUT2D eigenvalue weighted by Gasteiger charge is -2.38. The summed E-state index contributed by atoms with van der Waals surface area (Å²) in [6.45, 7) is 1.70. The number of piperidine rings is 1. The molecule has 0 saturated carbocycles. The van der Waals surface area contributed by atoms with Gasteiger partial charge in [0, 0.05) is 42.4 Å². The van der Waals surface area contributed by atoms with E-state index in [1.165, 1.54) is 12.0 Å². The second-order valence-corrected chi connectivity index (χ2v) is 8.48. The van der Waals surface area contributed by atoms with Crippen LogP contribution in [0.1, 0.15) is 59.1 Å². The minimum Gasteiger partial charge on any atom is -0.378 e. The van der Waals surface area contributed by atoms with Crippen molar-refractivity contribution < 1.29 is 9.72 Å². The van der Waals surface area contributed by atoms with Gasteiger partial charge in [0.2, 0.25) is 0 Å². The predicted molar refractivity (Wildman–Crippen MR) is 116 cm³/mol. The first kappa shape index (κ1) is 18.9. The zero-order valence-electron chi connectivity index (χ0n) is 16.8. The summed E-state index contributed by atoms with van der Waals surface area (Å²) in [5, 5.41) is 14.6. The average Bonchev–Trinajstić information content (AvgIpc) is 3.29. The molecule has 5 rings (SSSR count). The van der Waals surface area contributed by atoms with Crippen LogP contribution in [0.15, 0.2) is 54.6 Å². The van der Waals surface area contributed by atoms with E-state index in [1.54, 1.807) is 12.1 Å². The van der Waals surface area contributed by atoms with E-state index in [0.29, 0.717) is 5.92 Å². The van der Waals surface area contributed by atoms with Gasteiger partial charge >= 0.3 is 0 Å². The number of hydrogen-bond acceptors (Lipinski definition) is 4. The van der Waals surface area contributed by atoms with Crippen molar-refractivity contribution in [3.05, 3.63) is 81.4 Å². The van der Waals surface area contributed by atoms with E-state index in [2.05, 4.69) is 23.5 Å². The summed E-state index contributed by atoms with van der Waals surface area (Å²) in [4.78, 5) is 25.6. The van der Waals surface area contributed by atoms with Gasteiger partial charge in [-0.25, -0.2) is 0 Å². The van der Waals surface area contributed by atoms with E-state index in [4.69, 9.17) is 0 Å². The molecule has 6 nitrogen and oxygen atoms in total. The third-order valence-corrected chi connectivity index (χ3v) is 6.72. The molecule has 154 valence electrons. The number of fused-ring (bicyclic) bond motifs is 3. The molecule has 1 saturated heterocycles. The van der Waals surface area contributed by atoms with E-state index in [9.17, 15) is 14.9 Å². The molecule has 2 aromatic rings. The van der Waals surface area contributed by atoms with Gasteiger partial charge in [-0.1, -0.05) is 24.3 Å². The molecule has 0 radical (unpaired) electrons. The van der Waals surface area contributed by atoms with Crippen LogP contribution < -0.4 is 5.32 Å². The van der Waals surface area contributed by atoms with Crippen LogP contribution in [-0.2, 0) is 0 Å². The van der Waals surface area contributed by atoms with Crippen LogP contribution >= 0.6 is 0 Å². The summed E-state index contributed by atoms with van der Waals surface area (Å²) in [6.07, 6.45) is 8.78. The normalized spacial score (nSPS) is 24.7. The number of likely N-dealkylation sites (tertiary alicyclic amines) is 1. The van der Waals surface area contributed by atoms with Crippen molar-refractivity contribution in [3.8, 4) is 0 Å². The first-order chi connectivity index (χ1) is 14.6. The van der Waals surface area contributed by atoms with Crippen LogP contribution in [0.3, 0.4) is 0 Å². The molecule has 2 aliphatic heterocycles. The smallest absolute Gasteiger partial charge is 0.269 e. The van der Waals surface area contributed by atoms with Crippen molar-refractivity contribution in [2.24, 2.45) is 5.92 Å². The summed E-state index contributed by atoms with van der Waals surface area (Å²) in [7, 11) is 0. The highest BCUT2D eigenvalue weighted by atomic mass is 16.6. The monoisotopic (exact) mass is 403 g/mol. The molecule has 3 aliphatic rings. The lowest BCUT2D eigenvalue weighted by Crippen LogP contribution is -2.36. The Kier molecular flexibility index (Phi) is 4.77. The minimum absolute atomic E-state index is 0.0851. The van der Waals surface area contributed by atoms with Crippen molar-refractivity contribution in [2.45, 2.75) is 37.6 Å². The van der Waals surface area contributed by atoms with Gasteiger partial charge in [-0.2, -0.15) is 0 Å². The highest BCUT2D eigenvalue weighted by Gasteiger charge is 2.38. The second kappa shape index (κ2) is 7.59. The number of allylic oxidation sites excluding steroid dienone is 2. The second-order valence-electron chi connectivity index (χ2n) is 8.48. The van der Waals surface area contributed by atoms with Gasteiger partial charge in [0.1, 0.15) is 0 Å². The topological polar surface area (TPSA) is 75.5 Å². The number of carbonyl (C=O) groups is 1. The largest absolute Gasteiger partial charge is 0.378 e. The molecule has 0 aromatic heterocycles. The van der Waals surface area contributed by atoms with Crippen molar-refractivity contribution >= 4 is 17.3 Å². The molecule has 30 heavy (non-hydrogen) atoms. The SMILES string of the molecule is O=C(c1ccc2c(c1)[C@@H]1C=CC[C@H]1[C@H](c1ccc([N+](=O)[O-])cc1)N2)N1CCCCC1. The summed E-state index contributed by atoms with van der Waals surface area (Å²) in [5.41, 5.74) is 4.15. The molecule has 3 atom stereocenters. The lowest BCUT2D eigenvalue weighted by atomic mass is 9.76. The molecule has 0 unspecified atom stereocenters. The van der Waals surface area contributed by atoms with E-state index >= 15 is 0 Å². The van der Waals surface area contributed by atoms with Crippen LogP contribution in [0.2, 0.25) is 0 Å². The number of benzene rings is 2. The first-order valence-electron chi connectivity index (χ1n) is 10.7. The van der Waals surface area contributed by atoms with Gasteiger partial charge in [0.25, 0.3) is 11.6 Å². The quantitative estimate of drug-likeness (QED) is 0.442. The van der Waals surface area contributed by atoms with E-state index in [-0.39, 0.29) is 28.5 Å². The number of non-ortho nitro benzene ring substituents is 1. The van der Waals surface area contributed by atoms with Crippen molar-refractivity contribution in [2.75, 3.05) is 18.4 Å². The van der Waals surface area contributed by atoms with Gasteiger partial charge in [-0.05, 0) is 60.9 Å². The average molecular weight is 403 g/mol. The Hall–Kier alpha value is -3.15. The van der Waals surface area contributed by atoms with Gasteiger partial charge in [-0.3, -0.25) is 14.9 Å².